The van der Waals surface area contributed by atoms with Crippen molar-refractivity contribution in [3.8, 4) is 0 Å². The Bertz CT molecular complexity index is 817. The number of nitro benzene ring substituents is 1. The molecule has 0 aliphatic rings. The quantitative estimate of drug-likeness (QED) is 0.599. The van der Waals surface area contributed by atoms with Crippen LogP contribution in [0.1, 0.15) is 36.4 Å². The average Bonchev–Trinajstić information content (AvgIpc) is 3.03. The number of hydrogen-bond donors (Lipinski definition) is 1. The molecule has 138 valence electrons. The minimum Gasteiger partial charge on any atom is -0.360 e. The van der Waals surface area contributed by atoms with Gasteiger partial charge in [0.25, 0.3) is 11.6 Å². The standard InChI is InChI=1S/C17H20N4O5/c1-4-11(2)20(10-16(22)18-15-8-12(3)26-19-15)17(23)13-6-5-7-14(9-13)21(24)25/h5-9,11H,4,10H2,1-3H3,(H,18,19,22)/t11-/m1/s1. The van der Waals surface area contributed by atoms with Gasteiger partial charge in [0.15, 0.2) is 5.82 Å². The van der Waals surface area contributed by atoms with Crippen LogP contribution in [0, 0.1) is 17.0 Å². The Balaban J connectivity index is 2.18. The lowest BCUT2D eigenvalue weighted by molar-refractivity contribution is -0.384. The smallest absolute Gasteiger partial charge is 0.270 e. The van der Waals surface area contributed by atoms with Gasteiger partial charge in [-0.25, -0.2) is 0 Å². The van der Waals surface area contributed by atoms with E-state index < -0.39 is 16.7 Å². The molecule has 1 atom stereocenters. The zero-order valence-corrected chi connectivity index (χ0v) is 14.8. The number of carbonyl (C=O) groups excluding carboxylic acids is 2. The van der Waals surface area contributed by atoms with Crippen molar-refractivity contribution in [1.29, 1.82) is 0 Å². The predicted molar refractivity (Wildman–Crippen MR) is 93.8 cm³/mol. The molecule has 1 aromatic heterocycles. The zero-order valence-electron chi connectivity index (χ0n) is 14.8. The van der Waals surface area contributed by atoms with Crippen LogP contribution in [0.3, 0.4) is 0 Å². The van der Waals surface area contributed by atoms with Crippen LogP contribution in [0.4, 0.5) is 11.5 Å². The van der Waals surface area contributed by atoms with Crippen molar-refractivity contribution in [2.24, 2.45) is 0 Å². The fourth-order valence-electron chi connectivity index (χ4n) is 2.33. The Kier molecular flexibility index (Phi) is 6.05. The number of non-ortho nitro benzene ring substituents is 1. The Morgan fingerprint density at radius 1 is 1.38 bits per heavy atom. The first-order valence-corrected chi connectivity index (χ1v) is 8.10. The lowest BCUT2D eigenvalue weighted by atomic mass is 10.1. The minimum absolute atomic E-state index is 0.157. The summed E-state index contributed by atoms with van der Waals surface area (Å²) in [6.07, 6.45) is 0.622. The summed E-state index contributed by atoms with van der Waals surface area (Å²) in [4.78, 5) is 36.8. The third-order valence-electron chi connectivity index (χ3n) is 3.90. The van der Waals surface area contributed by atoms with E-state index in [1.54, 1.807) is 13.0 Å². The number of carbonyl (C=O) groups is 2. The Morgan fingerprint density at radius 3 is 2.69 bits per heavy atom. The van der Waals surface area contributed by atoms with Gasteiger partial charge in [0.05, 0.1) is 4.92 Å². The van der Waals surface area contributed by atoms with Crippen LogP contribution in [0.2, 0.25) is 0 Å². The maximum Gasteiger partial charge on any atom is 0.270 e. The van der Waals surface area contributed by atoms with Gasteiger partial charge in [-0.15, -0.1) is 0 Å². The van der Waals surface area contributed by atoms with Crippen LogP contribution in [-0.2, 0) is 4.79 Å². The second-order valence-electron chi connectivity index (χ2n) is 5.87. The monoisotopic (exact) mass is 360 g/mol. The molecule has 2 aromatic rings. The van der Waals surface area contributed by atoms with E-state index in [1.165, 1.54) is 29.2 Å². The summed E-state index contributed by atoms with van der Waals surface area (Å²) in [5, 5.41) is 17.2. The molecule has 0 aliphatic heterocycles. The van der Waals surface area contributed by atoms with Crippen molar-refractivity contribution in [3.63, 3.8) is 0 Å². The summed E-state index contributed by atoms with van der Waals surface area (Å²) < 4.78 is 4.88. The highest BCUT2D eigenvalue weighted by molar-refractivity contribution is 5.99. The number of nitrogens with zero attached hydrogens (tertiary/aromatic N) is 3. The highest BCUT2D eigenvalue weighted by atomic mass is 16.6. The van der Waals surface area contributed by atoms with Gasteiger partial charge in [-0.05, 0) is 26.3 Å². The number of rotatable bonds is 7. The fraction of sp³-hybridized carbons (Fsp3) is 0.353. The van der Waals surface area contributed by atoms with Crippen molar-refractivity contribution in [1.82, 2.24) is 10.1 Å². The zero-order chi connectivity index (χ0) is 19.3. The van der Waals surface area contributed by atoms with Crippen LogP contribution < -0.4 is 5.32 Å². The number of benzene rings is 1. The Labute approximate surface area is 150 Å². The molecule has 0 saturated heterocycles. The van der Waals surface area contributed by atoms with Crippen molar-refractivity contribution in [3.05, 3.63) is 51.8 Å². The fourth-order valence-corrected chi connectivity index (χ4v) is 2.33. The molecule has 1 N–H and O–H groups in total. The van der Waals surface area contributed by atoms with Gasteiger partial charge < -0.3 is 14.7 Å². The van der Waals surface area contributed by atoms with Crippen LogP contribution >= 0.6 is 0 Å². The molecule has 0 aliphatic carbocycles. The van der Waals surface area contributed by atoms with Crippen LogP contribution in [0.25, 0.3) is 0 Å². The van der Waals surface area contributed by atoms with Gasteiger partial charge in [0, 0.05) is 29.8 Å². The molecule has 2 amide bonds. The normalized spacial score (nSPS) is 11.7. The first-order valence-electron chi connectivity index (χ1n) is 8.10. The molecule has 1 aromatic carbocycles. The minimum atomic E-state index is -0.565. The maximum absolute atomic E-state index is 12.8. The molecule has 0 bridgehead atoms. The van der Waals surface area contributed by atoms with E-state index in [9.17, 15) is 19.7 Å². The molecule has 0 unspecified atom stereocenters. The summed E-state index contributed by atoms with van der Waals surface area (Å²) in [5.41, 5.74) is -0.0212. The molecule has 9 heteroatoms. The Morgan fingerprint density at radius 2 is 2.12 bits per heavy atom. The number of nitro groups is 1. The molecule has 0 fully saturated rings. The third-order valence-corrected chi connectivity index (χ3v) is 3.90. The van der Waals surface area contributed by atoms with E-state index in [0.29, 0.717) is 12.2 Å². The van der Waals surface area contributed by atoms with Gasteiger partial charge in [-0.1, -0.05) is 18.1 Å². The number of anilines is 1. The number of hydrogen-bond acceptors (Lipinski definition) is 6. The molecule has 0 radical (unpaired) electrons. The molecular weight excluding hydrogens is 340 g/mol. The lowest BCUT2D eigenvalue weighted by Crippen LogP contribution is -2.43. The summed E-state index contributed by atoms with van der Waals surface area (Å²) in [5.74, 6) is -0.0712. The first-order chi connectivity index (χ1) is 12.3. The Hall–Kier alpha value is -3.23. The summed E-state index contributed by atoms with van der Waals surface area (Å²) in [6, 6.07) is 6.78. The highest BCUT2D eigenvalue weighted by Gasteiger charge is 2.24. The molecule has 0 spiro atoms. The van der Waals surface area contributed by atoms with E-state index >= 15 is 0 Å². The van der Waals surface area contributed by atoms with E-state index in [1.807, 2.05) is 13.8 Å². The number of nitrogens with one attached hydrogen (secondary N) is 1. The van der Waals surface area contributed by atoms with Gasteiger partial charge in [-0.2, -0.15) is 0 Å². The number of aryl methyl sites for hydroxylation is 1. The van der Waals surface area contributed by atoms with Gasteiger partial charge in [-0.3, -0.25) is 19.7 Å². The first kappa shape index (κ1) is 19.1. The van der Waals surface area contributed by atoms with E-state index in [-0.39, 0.29) is 29.7 Å². The molecular formula is C17H20N4O5. The van der Waals surface area contributed by atoms with Gasteiger partial charge in [0.1, 0.15) is 12.3 Å². The lowest BCUT2D eigenvalue weighted by Gasteiger charge is -2.28. The molecule has 0 saturated carbocycles. The van der Waals surface area contributed by atoms with Crippen molar-refractivity contribution in [2.75, 3.05) is 11.9 Å². The predicted octanol–water partition coefficient (Wildman–Crippen LogP) is 2.77. The van der Waals surface area contributed by atoms with Crippen molar-refractivity contribution >= 4 is 23.3 Å². The summed E-state index contributed by atoms with van der Waals surface area (Å²) >= 11 is 0. The second-order valence-corrected chi connectivity index (χ2v) is 5.87. The molecule has 26 heavy (non-hydrogen) atoms. The largest absolute Gasteiger partial charge is 0.360 e. The third kappa shape index (κ3) is 4.65. The van der Waals surface area contributed by atoms with E-state index in [4.69, 9.17) is 4.52 Å². The molecule has 9 nitrogen and oxygen atoms in total. The average molecular weight is 360 g/mol. The van der Waals surface area contributed by atoms with Crippen LogP contribution in [0.5, 0.6) is 0 Å². The van der Waals surface area contributed by atoms with E-state index in [0.717, 1.165) is 0 Å². The van der Waals surface area contributed by atoms with Gasteiger partial charge >= 0.3 is 0 Å². The van der Waals surface area contributed by atoms with Crippen LogP contribution in [-0.4, -0.2) is 39.4 Å². The maximum atomic E-state index is 12.8. The van der Waals surface area contributed by atoms with Crippen molar-refractivity contribution < 1.29 is 19.0 Å². The SMILES string of the molecule is CC[C@@H](C)N(CC(=O)Nc1cc(C)on1)C(=O)c1cccc([N+](=O)[O-])c1. The van der Waals surface area contributed by atoms with Gasteiger partial charge in [0.2, 0.25) is 5.91 Å². The summed E-state index contributed by atoms with van der Waals surface area (Å²) in [7, 11) is 0. The van der Waals surface area contributed by atoms with Crippen LogP contribution in [0.15, 0.2) is 34.9 Å². The van der Waals surface area contributed by atoms with Crippen molar-refractivity contribution in [2.45, 2.75) is 33.2 Å². The summed E-state index contributed by atoms with van der Waals surface area (Å²) in [6.45, 7) is 5.18. The molecule has 1 heterocycles. The number of amides is 2. The highest BCUT2D eigenvalue weighted by Crippen LogP contribution is 2.17. The number of aromatic nitrogens is 1. The molecule has 2 rings (SSSR count). The topological polar surface area (TPSA) is 119 Å². The van der Waals surface area contributed by atoms with E-state index in [2.05, 4.69) is 10.5 Å². The second kappa shape index (κ2) is 8.24.